The smallest absolute Gasteiger partial charge is 0.0605 e. The molecule has 1 heteroatoms. The molecule has 0 radical (unpaired) electrons. The quantitative estimate of drug-likeness (QED) is 0.538. The van der Waals surface area contributed by atoms with Gasteiger partial charge < -0.3 is 5.11 Å². The Morgan fingerprint density at radius 3 is 2.82 bits per heavy atom. The highest BCUT2D eigenvalue weighted by atomic mass is 16.3. The molecule has 0 heterocycles. The van der Waals surface area contributed by atoms with Gasteiger partial charge in [0.15, 0.2) is 0 Å². The molecular formula is C16H28O. The van der Waals surface area contributed by atoms with Gasteiger partial charge in [0.1, 0.15) is 0 Å². The van der Waals surface area contributed by atoms with Crippen LogP contribution in [0.2, 0.25) is 0 Å². The van der Waals surface area contributed by atoms with Crippen molar-refractivity contribution in [1.29, 1.82) is 0 Å². The first-order chi connectivity index (χ1) is 8.27. The van der Waals surface area contributed by atoms with E-state index in [2.05, 4.69) is 19.9 Å². The minimum Gasteiger partial charge on any atom is -0.393 e. The van der Waals surface area contributed by atoms with E-state index in [-0.39, 0.29) is 6.10 Å². The molecule has 2 aliphatic carbocycles. The van der Waals surface area contributed by atoms with Crippen molar-refractivity contribution in [1.82, 2.24) is 0 Å². The zero-order valence-corrected chi connectivity index (χ0v) is 11.5. The van der Waals surface area contributed by atoms with Crippen molar-refractivity contribution in [2.24, 2.45) is 17.8 Å². The molecule has 0 aromatic carbocycles. The first kappa shape index (κ1) is 13.1. The second-order valence-corrected chi connectivity index (χ2v) is 5.96. The van der Waals surface area contributed by atoms with Crippen molar-refractivity contribution < 1.29 is 5.11 Å². The van der Waals surface area contributed by atoms with Gasteiger partial charge in [-0.05, 0) is 43.9 Å². The van der Waals surface area contributed by atoms with Crippen LogP contribution in [-0.4, -0.2) is 11.2 Å². The van der Waals surface area contributed by atoms with Crippen LogP contribution in [0.4, 0.5) is 0 Å². The predicted octanol–water partition coefficient (Wildman–Crippen LogP) is 4.31. The maximum atomic E-state index is 10.3. The van der Waals surface area contributed by atoms with Crippen LogP contribution in [-0.2, 0) is 0 Å². The van der Waals surface area contributed by atoms with Crippen LogP contribution in [0.25, 0.3) is 0 Å². The highest BCUT2D eigenvalue weighted by Crippen LogP contribution is 2.49. The minimum absolute atomic E-state index is 0.0871. The van der Waals surface area contributed by atoms with Crippen LogP contribution in [0.5, 0.6) is 0 Å². The first-order valence-electron chi connectivity index (χ1n) is 7.66. The number of rotatable bonds is 6. The molecule has 1 saturated carbocycles. The number of aliphatic hydroxyl groups excluding tert-OH is 1. The molecule has 0 aromatic heterocycles. The van der Waals surface area contributed by atoms with E-state index in [4.69, 9.17) is 0 Å². The van der Waals surface area contributed by atoms with E-state index in [1.54, 1.807) is 5.57 Å². The van der Waals surface area contributed by atoms with E-state index in [1.807, 2.05) is 0 Å². The van der Waals surface area contributed by atoms with Crippen molar-refractivity contribution in [2.75, 3.05) is 0 Å². The number of unbranched alkanes of at least 4 members (excludes halogenated alkanes) is 2. The second kappa shape index (κ2) is 6.04. The van der Waals surface area contributed by atoms with Gasteiger partial charge in [0.2, 0.25) is 0 Å². The lowest BCUT2D eigenvalue weighted by molar-refractivity contribution is 0.0888. The Labute approximate surface area is 106 Å². The lowest BCUT2D eigenvalue weighted by Gasteiger charge is -2.27. The zero-order chi connectivity index (χ0) is 12.3. The van der Waals surface area contributed by atoms with Gasteiger partial charge in [0.05, 0.1) is 6.10 Å². The van der Waals surface area contributed by atoms with Gasteiger partial charge in [-0.3, -0.25) is 0 Å². The van der Waals surface area contributed by atoms with Crippen LogP contribution in [0.15, 0.2) is 11.6 Å². The molecule has 0 bridgehead atoms. The Kier molecular flexibility index (Phi) is 4.67. The van der Waals surface area contributed by atoms with E-state index >= 15 is 0 Å². The van der Waals surface area contributed by atoms with Crippen molar-refractivity contribution in [3.8, 4) is 0 Å². The summed E-state index contributed by atoms with van der Waals surface area (Å²) in [5.41, 5.74) is 1.60. The van der Waals surface area contributed by atoms with Gasteiger partial charge in [-0.25, -0.2) is 0 Å². The van der Waals surface area contributed by atoms with Crippen molar-refractivity contribution in [3.63, 3.8) is 0 Å². The molecular weight excluding hydrogens is 208 g/mol. The molecule has 0 aliphatic heterocycles. The third-order valence-corrected chi connectivity index (χ3v) is 4.84. The summed E-state index contributed by atoms with van der Waals surface area (Å²) >= 11 is 0. The SMILES string of the molecule is CCCCCC1=C[C@H]2CCC[C@H]2[C@@H]1C(O)CC. The van der Waals surface area contributed by atoms with E-state index < -0.39 is 0 Å². The van der Waals surface area contributed by atoms with Crippen LogP contribution in [0, 0.1) is 17.8 Å². The normalized spacial score (nSPS) is 33.6. The molecule has 2 rings (SSSR count). The van der Waals surface area contributed by atoms with Gasteiger partial charge in [-0.2, -0.15) is 0 Å². The topological polar surface area (TPSA) is 20.2 Å². The third-order valence-electron chi connectivity index (χ3n) is 4.84. The lowest BCUT2D eigenvalue weighted by Crippen LogP contribution is -2.26. The maximum Gasteiger partial charge on any atom is 0.0605 e. The average Bonchev–Trinajstić information content (AvgIpc) is 2.88. The largest absolute Gasteiger partial charge is 0.393 e. The Hall–Kier alpha value is -0.300. The summed E-state index contributed by atoms with van der Waals surface area (Å²) in [4.78, 5) is 0. The molecule has 0 spiro atoms. The third kappa shape index (κ3) is 2.76. The van der Waals surface area contributed by atoms with Gasteiger partial charge in [0, 0.05) is 5.92 Å². The van der Waals surface area contributed by atoms with Gasteiger partial charge >= 0.3 is 0 Å². The summed E-state index contributed by atoms with van der Waals surface area (Å²) in [6.45, 7) is 4.38. The highest BCUT2D eigenvalue weighted by molar-refractivity contribution is 5.21. The summed E-state index contributed by atoms with van der Waals surface area (Å²) < 4.78 is 0. The molecule has 17 heavy (non-hydrogen) atoms. The van der Waals surface area contributed by atoms with E-state index in [0.717, 1.165) is 18.3 Å². The number of hydrogen-bond acceptors (Lipinski definition) is 1. The van der Waals surface area contributed by atoms with Crippen LogP contribution < -0.4 is 0 Å². The zero-order valence-electron chi connectivity index (χ0n) is 11.5. The van der Waals surface area contributed by atoms with Crippen LogP contribution >= 0.6 is 0 Å². The fraction of sp³-hybridized carbons (Fsp3) is 0.875. The standard InChI is InChI=1S/C16H28O/c1-3-5-6-8-13-11-12-9-7-10-14(12)16(13)15(17)4-2/h11-12,14-17H,3-10H2,1-2H3/t12-,14-,15?,16-/m1/s1. The molecule has 1 unspecified atom stereocenters. The monoisotopic (exact) mass is 236 g/mol. The van der Waals surface area contributed by atoms with E-state index in [9.17, 15) is 5.11 Å². The Morgan fingerprint density at radius 2 is 2.12 bits per heavy atom. The number of hydrogen-bond donors (Lipinski definition) is 1. The summed E-state index contributed by atoms with van der Waals surface area (Å²) in [7, 11) is 0. The molecule has 1 fully saturated rings. The Morgan fingerprint density at radius 1 is 1.29 bits per heavy atom. The number of allylic oxidation sites excluding steroid dienone is 1. The average molecular weight is 236 g/mol. The molecule has 0 amide bonds. The van der Waals surface area contributed by atoms with E-state index in [1.165, 1.54) is 44.9 Å². The van der Waals surface area contributed by atoms with Crippen LogP contribution in [0.3, 0.4) is 0 Å². The maximum absolute atomic E-state index is 10.3. The fourth-order valence-electron chi connectivity index (χ4n) is 3.95. The molecule has 2 aliphatic rings. The fourth-order valence-corrected chi connectivity index (χ4v) is 3.95. The first-order valence-corrected chi connectivity index (χ1v) is 7.66. The Balaban J connectivity index is 2.00. The van der Waals surface area contributed by atoms with Crippen molar-refractivity contribution >= 4 is 0 Å². The van der Waals surface area contributed by atoms with Gasteiger partial charge in [-0.15, -0.1) is 0 Å². The molecule has 0 saturated heterocycles. The lowest BCUT2D eigenvalue weighted by atomic mass is 9.81. The summed E-state index contributed by atoms with van der Waals surface area (Å²) in [5.74, 6) is 2.09. The summed E-state index contributed by atoms with van der Waals surface area (Å²) in [5, 5.41) is 10.3. The number of aliphatic hydroxyl groups is 1. The predicted molar refractivity (Wildman–Crippen MR) is 72.8 cm³/mol. The van der Waals surface area contributed by atoms with Crippen molar-refractivity contribution in [2.45, 2.75) is 71.3 Å². The minimum atomic E-state index is -0.0871. The second-order valence-electron chi connectivity index (χ2n) is 5.96. The van der Waals surface area contributed by atoms with E-state index in [0.29, 0.717) is 5.92 Å². The Bertz CT molecular complexity index is 269. The highest BCUT2D eigenvalue weighted by Gasteiger charge is 2.42. The molecule has 4 atom stereocenters. The van der Waals surface area contributed by atoms with Crippen molar-refractivity contribution in [3.05, 3.63) is 11.6 Å². The summed E-state index contributed by atoms with van der Waals surface area (Å²) in [6, 6.07) is 0. The number of fused-ring (bicyclic) bond motifs is 1. The molecule has 0 aromatic rings. The molecule has 1 N–H and O–H groups in total. The molecule has 98 valence electrons. The summed E-state index contributed by atoms with van der Waals surface area (Å²) in [6.07, 6.45) is 12.6. The molecule has 1 nitrogen and oxygen atoms in total. The van der Waals surface area contributed by atoms with Gasteiger partial charge in [0.25, 0.3) is 0 Å². The van der Waals surface area contributed by atoms with Crippen LogP contribution in [0.1, 0.15) is 65.2 Å². The van der Waals surface area contributed by atoms with Gasteiger partial charge in [-0.1, -0.05) is 44.8 Å².